The Morgan fingerprint density at radius 1 is 1.22 bits per heavy atom. The molecule has 2 nitrogen and oxygen atoms in total. The van der Waals surface area contributed by atoms with Crippen LogP contribution in [0.1, 0.15) is 66.7 Å². The van der Waals surface area contributed by atoms with Crippen molar-refractivity contribution in [2.24, 2.45) is 5.41 Å². The lowest BCUT2D eigenvalue weighted by atomic mass is 9.84. The molecule has 0 aromatic rings. The molecule has 2 heteroatoms. The normalized spacial score (nSPS) is 19.7. The highest BCUT2D eigenvalue weighted by Gasteiger charge is 2.31. The fourth-order valence-electron chi connectivity index (χ4n) is 3.07. The smallest absolute Gasteiger partial charge is 0.0102 e. The van der Waals surface area contributed by atoms with Gasteiger partial charge in [0, 0.05) is 18.6 Å². The first kappa shape index (κ1) is 16.0. The fraction of sp³-hybridized carbons (Fsp3) is 1.00. The second-order valence-electron chi connectivity index (χ2n) is 6.67. The van der Waals surface area contributed by atoms with Crippen molar-refractivity contribution in [3.63, 3.8) is 0 Å². The van der Waals surface area contributed by atoms with E-state index >= 15 is 0 Å². The van der Waals surface area contributed by atoms with Crippen molar-refractivity contribution < 1.29 is 0 Å². The van der Waals surface area contributed by atoms with Crippen molar-refractivity contribution in [3.8, 4) is 0 Å². The lowest BCUT2D eigenvalue weighted by Gasteiger charge is -2.39. The maximum absolute atomic E-state index is 3.67. The van der Waals surface area contributed by atoms with E-state index in [1.54, 1.807) is 0 Å². The van der Waals surface area contributed by atoms with Crippen LogP contribution in [0.5, 0.6) is 0 Å². The first-order valence-electron chi connectivity index (χ1n) is 7.98. The zero-order valence-corrected chi connectivity index (χ0v) is 13.3. The van der Waals surface area contributed by atoms with Crippen molar-refractivity contribution in [1.29, 1.82) is 0 Å². The zero-order chi connectivity index (χ0) is 13.6. The van der Waals surface area contributed by atoms with Gasteiger partial charge < -0.3 is 10.2 Å². The minimum Gasteiger partial charge on any atom is -0.314 e. The van der Waals surface area contributed by atoms with Gasteiger partial charge in [-0.3, -0.25) is 0 Å². The van der Waals surface area contributed by atoms with Gasteiger partial charge in [0.2, 0.25) is 0 Å². The number of hydrogen-bond acceptors (Lipinski definition) is 2. The summed E-state index contributed by atoms with van der Waals surface area (Å²) in [6.07, 6.45) is 6.93. The van der Waals surface area contributed by atoms with E-state index in [0.717, 1.165) is 12.6 Å². The van der Waals surface area contributed by atoms with Crippen LogP contribution in [0, 0.1) is 5.41 Å². The van der Waals surface area contributed by atoms with E-state index in [1.165, 1.54) is 45.2 Å². The average Bonchev–Trinajstić information content (AvgIpc) is 2.86. The third-order valence-electron chi connectivity index (χ3n) is 4.73. The van der Waals surface area contributed by atoms with Crippen LogP contribution >= 0.6 is 0 Å². The summed E-state index contributed by atoms with van der Waals surface area (Å²) in [5.74, 6) is 0. The Hall–Kier alpha value is -0.0800. The second kappa shape index (κ2) is 7.49. The Bertz CT molecular complexity index is 219. The van der Waals surface area contributed by atoms with Crippen LogP contribution in [-0.4, -0.2) is 36.6 Å². The molecular formula is C16H34N2. The van der Waals surface area contributed by atoms with Crippen LogP contribution < -0.4 is 5.32 Å². The molecule has 0 aromatic carbocycles. The third-order valence-corrected chi connectivity index (χ3v) is 4.73. The monoisotopic (exact) mass is 254 g/mol. The van der Waals surface area contributed by atoms with Gasteiger partial charge in [-0.25, -0.2) is 0 Å². The SMILES string of the molecule is CCCNC(C)C(C)(C)CN(CC)C1CCCC1. The van der Waals surface area contributed by atoms with Gasteiger partial charge >= 0.3 is 0 Å². The van der Waals surface area contributed by atoms with E-state index in [1.807, 2.05) is 0 Å². The molecule has 108 valence electrons. The van der Waals surface area contributed by atoms with Gasteiger partial charge in [-0.1, -0.05) is 40.5 Å². The van der Waals surface area contributed by atoms with Gasteiger partial charge in [0.1, 0.15) is 0 Å². The van der Waals surface area contributed by atoms with Crippen LogP contribution in [0.3, 0.4) is 0 Å². The van der Waals surface area contributed by atoms with Gasteiger partial charge in [0.25, 0.3) is 0 Å². The number of rotatable bonds is 8. The largest absolute Gasteiger partial charge is 0.314 e. The van der Waals surface area contributed by atoms with Gasteiger partial charge in [0.05, 0.1) is 0 Å². The molecule has 1 rings (SSSR count). The average molecular weight is 254 g/mol. The quantitative estimate of drug-likeness (QED) is 0.711. The van der Waals surface area contributed by atoms with Crippen molar-refractivity contribution in [1.82, 2.24) is 10.2 Å². The van der Waals surface area contributed by atoms with Crippen LogP contribution in [0.25, 0.3) is 0 Å². The van der Waals surface area contributed by atoms with Crippen LogP contribution in [-0.2, 0) is 0 Å². The molecule has 1 N–H and O–H groups in total. The highest BCUT2D eigenvalue weighted by molar-refractivity contribution is 4.87. The molecule has 0 bridgehead atoms. The molecule has 0 spiro atoms. The summed E-state index contributed by atoms with van der Waals surface area (Å²) in [7, 11) is 0. The maximum atomic E-state index is 3.67. The predicted octanol–water partition coefficient (Wildman–Crippen LogP) is 3.67. The summed E-state index contributed by atoms with van der Waals surface area (Å²) in [5, 5.41) is 3.67. The van der Waals surface area contributed by atoms with Crippen molar-refractivity contribution in [2.75, 3.05) is 19.6 Å². The standard InChI is InChI=1S/C16H34N2/c1-6-12-17-14(3)16(4,5)13-18(7-2)15-10-8-9-11-15/h14-15,17H,6-13H2,1-5H3. The summed E-state index contributed by atoms with van der Waals surface area (Å²) >= 11 is 0. The molecule has 1 fully saturated rings. The topological polar surface area (TPSA) is 15.3 Å². The van der Waals surface area contributed by atoms with E-state index in [2.05, 4.69) is 44.8 Å². The zero-order valence-electron chi connectivity index (χ0n) is 13.3. The molecule has 0 heterocycles. The van der Waals surface area contributed by atoms with Crippen molar-refractivity contribution in [2.45, 2.75) is 78.8 Å². The van der Waals surface area contributed by atoms with Crippen LogP contribution in [0.15, 0.2) is 0 Å². The van der Waals surface area contributed by atoms with Gasteiger partial charge in [0.15, 0.2) is 0 Å². The Morgan fingerprint density at radius 3 is 2.33 bits per heavy atom. The molecular weight excluding hydrogens is 220 g/mol. The van der Waals surface area contributed by atoms with E-state index in [0.29, 0.717) is 11.5 Å². The third kappa shape index (κ3) is 4.55. The lowest BCUT2D eigenvalue weighted by molar-refractivity contribution is 0.111. The summed E-state index contributed by atoms with van der Waals surface area (Å²) < 4.78 is 0. The molecule has 1 aliphatic carbocycles. The molecule has 0 radical (unpaired) electrons. The molecule has 18 heavy (non-hydrogen) atoms. The first-order chi connectivity index (χ1) is 8.51. The molecule has 1 saturated carbocycles. The highest BCUT2D eigenvalue weighted by Crippen LogP contribution is 2.28. The molecule has 0 saturated heterocycles. The molecule has 1 atom stereocenters. The van der Waals surface area contributed by atoms with Gasteiger partial charge in [-0.05, 0) is 44.7 Å². The fourth-order valence-corrected chi connectivity index (χ4v) is 3.07. The van der Waals surface area contributed by atoms with Gasteiger partial charge in [-0.15, -0.1) is 0 Å². The lowest BCUT2D eigenvalue weighted by Crippen LogP contribution is -2.49. The summed E-state index contributed by atoms with van der Waals surface area (Å²) in [6.45, 7) is 15.3. The summed E-state index contributed by atoms with van der Waals surface area (Å²) in [5.41, 5.74) is 0.355. The minimum absolute atomic E-state index is 0.355. The van der Waals surface area contributed by atoms with E-state index in [-0.39, 0.29) is 0 Å². The number of nitrogens with zero attached hydrogens (tertiary/aromatic N) is 1. The second-order valence-corrected chi connectivity index (χ2v) is 6.67. The highest BCUT2D eigenvalue weighted by atomic mass is 15.2. The van der Waals surface area contributed by atoms with Crippen molar-refractivity contribution >= 4 is 0 Å². The van der Waals surface area contributed by atoms with Crippen LogP contribution in [0.4, 0.5) is 0 Å². The van der Waals surface area contributed by atoms with E-state index in [9.17, 15) is 0 Å². The Balaban J connectivity index is 2.49. The Kier molecular flexibility index (Phi) is 6.65. The number of nitrogens with one attached hydrogen (secondary N) is 1. The van der Waals surface area contributed by atoms with Crippen LogP contribution in [0.2, 0.25) is 0 Å². The Morgan fingerprint density at radius 2 is 1.83 bits per heavy atom. The first-order valence-corrected chi connectivity index (χ1v) is 7.98. The molecule has 0 aromatic heterocycles. The minimum atomic E-state index is 0.355. The predicted molar refractivity (Wildman–Crippen MR) is 81.0 cm³/mol. The molecule has 0 amide bonds. The summed E-state index contributed by atoms with van der Waals surface area (Å²) in [6, 6.07) is 1.44. The maximum Gasteiger partial charge on any atom is 0.0102 e. The molecule has 0 aliphatic heterocycles. The van der Waals surface area contributed by atoms with Crippen molar-refractivity contribution in [3.05, 3.63) is 0 Å². The molecule has 1 unspecified atom stereocenters. The van der Waals surface area contributed by atoms with E-state index in [4.69, 9.17) is 0 Å². The molecule has 1 aliphatic rings. The Labute approximate surface area is 115 Å². The van der Waals surface area contributed by atoms with Gasteiger partial charge in [-0.2, -0.15) is 0 Å². The van der Waals surface area contributed by atoms with E-state index < -0.39 is 0 Å². The number of hydrogen-bond donors (Lipinski definition) is 1. The summed E-state index contributed by atoms with van der Waals surface area (Å²) in [4.78, 5) is 2.72.